The first-order valence-corrected chi connectivity index (χ1v) is 4.73. The molecule has 0 aromatic carbocycles. The number of rotatable bonds is 7. The number of nitrogens with two attached hydrogens (primary N) is 1. The summed E-state index contributed by atoms with van der Waals surface area (Å²) in [6.07, 6.45) is 3.61. The highest BCUT2D eigenvalue weighted by molar-refractivity contribution is 5.55. The molecule has 0 aromatic rings. The summed E-state index contributed by atoms with van der Waals surface area (Å²) in [4.78, 5) is 12.3. The van der Waals surface area contributed by atoms with Gasteiger partial charge in [-0.1, -0.05) is 0 Å². The van der Waals surface area contributed by atoms with Gasteiger partial charge in [0.2, 0.25) is 0 Å². The average molecular weight is 199 g/mol. The van der Waals surface area contributed by atoms with E-state index in [4.69, 9.17) is 5.73 Å². The second-order valence-corrected chi connectivity index (χ2v) is 3.28. The summed E-state index contributed by atoms with van der Waals surface area (Å²) >= 11 is 0. The van der Waals surface area contributed by atoms with Gasteiger partial charge >= 0.3 is 0 Å². The van der Waals surface area contributed by atoms with Crippen molar-refractivity contribution in [3.05, 3.63) is 0 Å². The van der Waals surface area contributed by atoms with Gasteiger partial charge in [-0.2, -0.15) is 0 Å². The zero-order chi connectivity index (χ0) is 10.8. The minimum Gasteiger partial charge on any atom is -0.369 e. The highest BCUT2D eigenvalue weighted by atomic mass is 15.1. The largest absolute Gasteiger partial charge is 0.369 e. The van der Waals surface area contributed by atoms with Crippen LogP contribution in [0.5, 0.6) is 0 Å². The van der Waals surface area contributed by atoms with E-state index in [0.29, 0.717) is 13.1 Å². The molecule has 14 heavy (non-hydrogen) atoms. The Kier molecular flexibility index (Phi) is 7.83. The monoisotopic (exact) mass is 199 g/mol. The van der Waals surface area contributed by atoms with Crippen molar-refractivity contribution < 1.29 is 0 Å². The molecule has 0 radical (unpaired) electrons. The normalized spacial score (nSPS) is 11.4. The Bertz CT molecular complexity index is 176. The van der Waals surface area contributed by atoms with Crippen LogP contribution < -0.4 is 5.73 Å². The molecule has 0 bridgehead atoms. The lowest BCUT2D eigenvalue weighted by atomic mass is 10.6. The minimum absolute atomic E-state index is 0.600. The summed E-state index contributed by atoms with van der Waals surface area (Å²) in [6.45, 7) is 2.94. The van der Waals surface area contributed by atoms with Gasteiger partial charge < -0.3 is 15.5 Å². The number of hydrogen-bond donors (Lipinski definition) is 1. The molecule has 82 valence electrons. The first-order chi connectivity index (χ1) is 6.66. The summed E-state index contributed by atoms with van der Waals surface area (Å²) < 4.78 is 0. The summed E-state index contributed by atoms with van der Waals surface area (Å²) in [5.74, 6) is 0. The van der Waals surface area contributed by atoms with E-state index in [1.165, 1.54) is 0 Å². The van der Waals surface area contributed by atoms with Crippen LogP contribution in [0.25, 0.3) is 0 Å². The molecule has 0 amide bonds. The van der Waals surface area contributed by atoms with Gasteiger partial charge in [0.25, 0.3) is 0 Å². The van der Waals surface area contributed by atoms with E-state index in [2.05, 4.69) is 9.98 Å². The zero-order valence-corrected chi connectivity index (χ0v) is 9.35. The van der Waals surface area contributed by atoms with E-state index < -0.39 is 0 Å². The van der Waals surface area contributed by atoms with Crippen LogP contribution in [-0.2, 0) is 0 Å². The topological polar surface area (TPSA) is 57.2 Å². The smallest absolute Gasteiger partial charge is 0.0848 e. The van der Waals surface area contributed by atoms with Gasteiger partial charge in [0.15, 0.2) is 0 Å². The molecule has 0 aliphatic heterocycles. The summed E-state index contributed by atoms with van der Waals surface area (Å²) in [5, 5.41) is 0. The lowest BCUT2D eigenvalue weighted by Gasteiger charge is -2.11. The van der Waals surface area contributed by atoms with E-state index in [0.717, 1.165) is 13.1 Å². The predicted molar refractivity (Wildman–Crippen MR) is 62.1 cm³/mol. The molecule has 5 nitrogen and oxygen atoms in total. The lowest BCUT2D eigenvalue weighted by molar-refractivity contribution is 0.526. The quantitative estimate of drug-likeness (QED) is 0.444. The molecule has 0 spiro atoms. The summed E-state index contributed by atoms with van der Waals surface area (Å²) in [6, 6.07) is 0. The van der Waals surface area contributed by atoms with E-state index >= 15 is 0 Å². The van der Waals surface area contributed by atoms with E-state index in [-0.39, 0.29) is 0 Å². The highest BCUT2D eigenvalue weighted by Gasteiger charge is 1.89. The maximum atomic E-state index is 5.31. The van der Waals surface area contributed by atoms with Crippen molar-refractivity contribution in [3.8, 4) is 0 Å². The van der Waals surface area contributed by atoms with Crippen molar-refractivity contribution in [1.29, 1.82) is 0 Å². The van der Waals surface area contributed by atoms with E-state index in [1.54, 1.807) is 6.34 Å². The fourth-order valence-electron chi connectivity index (χ4n) is 0.766. The van der Waals surface area contributed by atoms with Crippen LogP contribution in [0.2, 0.25) is 0 Å². The SMILES string of the molecule is CN(C)/C=N/CCN(C)/C=N/CCN. The van der Waals surface area contributed by atoms with Crippen molar-refractivity contribution in [1.82, 2.24) is 9.80 Å². The number of likely N-dealkylation sites (N-methyl/N-ethyl adjacent to an activating group) is 1. The molecule has 0 fully saturated rings. The first kappa shape index (κ1) is 12.9. The standard InChI is InChI=1S/C9H21N5/c1-13(2)8-12-6-7-14(3)9-11-5-4-10/h8-9H,4-7,10H2,1-3H3/b11-9+,12-8+. The third-order valence-corrected chi connectivity index (χ3v) is 1.43. The van der Waals surface area contributed by atoms with Gasteiger partial charge in [0.1, 0.15) is 0 Å². The molecule has 0 aliphatic carbocycles. The summed E-state index contributed by atoms with van der Waals surface area (Å²) in [7, 11) is 5.89. The second kappa shape index (κ2) is 8.50. The molecule has 0 heterocycles. The molecule has 0 aliphatic rings. The molecule has 2 N–H and O–H groups in total. The van der Waals surface area contributed by atoms with Crippen LogP contribution >= 0.6 is 0 Å². The molecule has 0 unspecified atom stereocenters. The Hall–Kier alpha value is -1.10. The van der Waals surface area contributed by atoms with Crippen molar-refractivity contribution in [2.45, 2.75) is 0 Å². The minimum atomic E-state index is 0.600. The Morgan fingerprint density at radius 1 is 1.07 bits per heavy atom. The molecule has 0 atom stereocenters. The Balaban J connectivity index is 3.48. The van der Waals surface area contributed by atoms with Crippen LogP contribution in [-0.4, -0.2) is 69.8 Å². The third-order valence-electron chi connectivity index (χ3n) is 1.43. The molecule has 5 heteroatoms. The molecular weight excluding hydrogens is 178 g/mol. The third kappa shape index (κ3) is 8.99. The van der Waals surface area contributed by atoms with Crippen molar-refractivity contribution in [2.24, 2.45) is 15.7 Å². The maximum Gasteiger partial charge on any atom is 0.0848 e. The Morgan fingerprint density at radius 2 is 1.71 bits per heavy atom. The molecular formula is C9H21N5. The van der Waals surface area contributed by atoms with Gasteiger partial charge in [-0.15, -0.1) is 0 Å². The van der Waals surface area contributed by atoms with Crippen LogP contribution in [0, 0.1) is 0 Å². The molecule has 0 aromatic heterocycles. The van der Waals surface area contributed by atoms with Gasteiger partial charge in [0.05, 0.1) is 25.8 Å². The lowest BCUT2D eigenvalue weighted by Crippen LogP contribution is -2.21. The predicted octanol–water partition coefficient (Wildman–Crippen LogP) is -0.505. The van der Waals surface area contributed by atoms with E-state index in [9.17, 15) is 0 Å². The van der Waals surface area contributed by atoms with Gasteiger partial charge in [-0.05, 0) is 0 Å². The van der Waals surface area contributed by atoms with Crippen LogP contribution in [0.1, 0.15) is 0 Å². The van der Waals surface area contributed by atoms with Crippen LogP contribution in [0.15, 0.2) is 9.98 Å². The fourth-order valence-corrected chi connectivity index (χ4v) is 0.766. The first-order valence-electron chi connectivity index (χ1n) is 4.73. The maximum absolute atomic E-state index is 5.31. The van der Waals surface area contributed by atoms with Gasteiger partial charge in [0, 0.05) is 34.2 Å². The van der Waals surface area contributed by atoms with Crippen LogP contribution in [0.4, 0.5) is 0 Å². The second-order valence-electron chi connectivity index (χ2n) is 3.28. The fraction of sp³-hybridized carbons (Fsp3) is 0.778. The van der Waals surface area contributed by atoms with Gasteiger partial charge in [-0.3, -0.25) is 9.98 Å². The number of nitrogens with zero attached hydrogens (tertiary/aromatic N) is 4. The number of aliphatic imine (C=N–C) groups is 2. The average Bonchev–Trinajstić information content (AvgIpc) is 2.13. The molecule has 0 saturated heterocycles. The van der Waals surface area contributed by atoms with E-state index in [1.807, 2.05) is 37.3 Å². The molecule has 0 saturated carbocycles. The Morgan fingerprint density at radius 3 is 2.29 bits per heavy atom. The number of hydrogen-bond acceptors (Lipinski definition) is 3. The van der Waals surface area contributed by atoms with Gasteiger partial charge in [-0.25, -0.2) is 0 Å². The van der Waals surface area contributed by atoms with Crippen molar-refractivity contribution in [2.75, 3.05) is 47.3 Å². The van der Waals surface area contributed by atoms with Crippen LogP contribution in [0.3, 0.4) is 0 Å². The zero-order valence-electron chi connectivity index (χ0n) is 9.35. The highest BCUT2D eigenvalue weighted by Crippen LogP contribution is 1.79. The van der Waals surface area contributed by atoms with Crippen molar-refractivity contribution >= 4 is 12.7 Å². The van der Waals surface area contributed by atoms with Crippen molar-refractivity contribution in [3.63, 3.8) is 0 Å². The summed E-state index contributed by atoms with van der Waals surface area (Å²) in [5.41, 5.74) is 5.31. The molecule has 0 rings (SSSR count). The Labute approximate surface area is 86.3 Å².